The minimum Gasteiger partial charge on any atom is -0.369 e. The number of hydrogen-bond acceptors (Lipinski definition) is 2. The van der Waals surface area contributed by atoms with E-state index < -0.39 is 0 Å². The zero-order valence-corrected chi connectivity index (χ0v) is 10.1. The molecule has 0 bridgehead atoms. The Balaban J connectivity index is 2.08. The average Bonchev–Trinajstić information content (AvgIpc) is 2.29. The molecular formula is C12H16ClFN2. The van der Waals surface area contributed by atoms with Gasteiger partial charge < -0.3 is 10.2 Å². The van der Waals surface area contributed by atoms with E-state index in [0.717, 1.165) is 25.9 Å². The van der Waals surface area contributed by atoms with Crippen LogP contribution in [0.1, 0.15) is 12.8 Å². The number of piperidine rings is 1. The van der Waals surface area contributed by atoms with Gasteiger partial charge in [-0.15, -0.1) is 0 Å². The summed E-state index contributed by atoms with van der Waals surface area (Å²) in [6, 6.07) is 5.44. The molecule has 0 amide bonds. The summed E-state index contributed by atoms with van der Waals surface area (Å²) >= 11 is 5.73. The fourth-order valence-electron chi connectivity index (χ4n) is 2.15. The first-order valence-electron chi connectivity index (χ1n) is 5.58. The second kappa shape index (κ2) is 5.02. The lowest BCUT2D eigenvalue weighted by molar-refractivity contribution is 0.439. The SMILES string of the molecule is CNC1CCN(c2ccc(Cl)cc2F)CC1. The standard InChI is InChI=1S/C12H16ClFN2/c1-15-10-4-6-16(7-5-10)12-3-2-9(13)8-11(12)14/h2-3,8,10,15H,4-7H2,1H3. The van der Waals surface area contributed by atoms with Crippen molar-refractivity contribution in [1.82, 2.24) is 5.32 Å². The molecule has 1 saturated heterocycles. The summed E-state index contributed by atoms with van der Waals surface area (Å²) in [7, 11) is 1.98. The van der Waals surface area contributed by atoms with Gasteiger partial charge in [0.15, 0.2) is 0 Å². The smallest absolute Gasteiger partial charge is 0.147 e. The Bertz CT molecular complexity index is 362. The molecular weight excluding hydrogens is 227 g/mol. The van der Waals surface area contributed by atoms with Crippen LogP contribution in [0.4, 0.5) is 10.1 Å². The fraction of sp³-hybridized carbons (Fsp3) is 0.500. The molecule has 88 valence electrons. The Kier molecular flexibility index (Phi) is 3.66. The number of halogens is 2. The molecule has 1 aromatic rings. The highest BCUT2D eigenvalue weighted by Gasteiger charge is 2.19. The van der Waals surface area contributed by atoms with Crippen LogP contribution >= 0.6 is 11.6 Å². The second-order valence-corrected chi connectivity index (χ2v) is 4.58. The van der Waals surface area contributed by atoms with E-state index in [0.29, 0.717) is 16.8 Å². The van der Waals surface area contributed by atoms with E-state index in [4.69, 9.17) is 11.6 Å². The van der Waals surface area contributed by atoms with Crippen molar-refractivity contribution >= 4 is 17.3 Å². The van der Waals surface area contributed by atoms with Crippen LogP contribution in [0, 0.1) is 5.82 Å². The van der Waals surface area contributed by atoms with Gasteiger partial charge in [0.05, 0.1) is 5.69 Å². The quantitative estimate of drug-likeness (QED) is 0.858. The molecule has 1 aliphatic rings. The number of anilines is 1. The van der Waals surface area contributed by atoms with E-state index in [1.165, 1.54) is 6.07 Å². The summed E-state index contributed by atoms with van der Waals surface area (Å²) < 4.78 is 13.7. The predicted octanol–water partition coefficient (Wildman–Crippen LogP) is 2.67. The topological polar surface area (TPSA) is 15.3 Å². The lowest BCUT2D eigenvalue weighted by atomic mass is 10.0. The second-order valence-electron chi connectivity index (χ2n) is 4.15. The molecule has 1 heterocycles. The number of benzene rings is 1. The Hall–Kier alpha value is -0.800. The van der Waals surface area contributed by atoms with Crippen molar-refractivity contribution in [3.8, 4) is 0 Å². The van der Waals surface area contributed by atoms with Crippen molar-refractivity contribution in [2.24, 2.45) is 0 Å². The van der Waals surface area contributed by atoms with Gasteiger partial charge in [-0.05, 0) is 38.1 Å². The van der Waals surface area contributed by atoms with Crippen molar-refractivity contribution < 1.29 is 4.39 Å². The molecule has 0 aliphatic carbocycles. The van der Waals surface area contributed by atoms with Crippen molar-refractivity contribution in [2.45, 2.75) is 18.9 Å². The van der Waals surface area contributed by atoms with Crippen LogP contribution in [0.25, 0.3) is 0 Å². The van der Waals surface area contributed by atoms with Gasteiger partial charge in [0.2, 0.25) is 0 Å². The largest absolute Gasteiger partial charge is 0.369 e. The van der Waals surface area contributed by atoms with E-state index >= 15 is 0 Å². The normalized spacial score (nSPS) is 17.8. The molecule has 1 aromatic carbocycles. The molecule has 2 nitrogen and oxygen atoms in total. The third kappa shape index (κ3) is 2.47. The maximum Gasteiger partial charge on any atom is 0.147 e. The van der Waals surface area contributed by atoms with Crippen LogP contribution in [0.15, 0.2) is 18.2 Å². The summed E-state index contributed by atoms with van der Waals surface area (Å²) in [5.74, 6) is -0.226. The first-order chi connectivity index (χ1) is 7.70. The van der Waals surface area contributed by atoms with E-state index in [1.807, 2.05) is 7.05 Å². The van der Waals surface area contributed by atoms with Crippen LogP contribution in [0.3, 0.4) is 0 Å². The van der Waals surface area contributed by atoms with Gasteiger partial charge in [0.25, 0.3) is 0 Å². The van der Waals surface area contributed by atoms with Gasteiger partial charge in [-0.1, -0.05) is 11.6 Å². The molecule has 1 N–H and O–H groups in total. The highest BCUT2D eigenvalue weighted by Crippen LogP contribution is 2.25. The molecule has 0 saturated carbocycles. The monoisotopic (exact) mass is 242 g/mol. The van der Waals surface area contributed by atoms with Gasteiger partial charge in [-0.2, -0.15) is 0 Å². The summed E-state index contributed by atoms with van der Waals surface area (Å²) in [4.78, 5) is 2.08. The maximum atomic E-state index is 13.7. The number of nitrogens with zero attached hydrogens (tertiary/aromatic N) is 1. The first kappa shape index (κ1) is 11.7. The fourth-order valence-corrected chi connectivity index (χ4v) is 2.31. The molecule has 4 heteroatoms. The molecule has 1 aliphatic heterocycles. The Morgan fingerprint density at radius 3 is 2.62 bits per heavy atom. The van der Waals surface area contributed by atoms with Crippen LogP contribution < -0.4 is 10.2 Å². The van der Waals surface area contributed by atoms with Gasteiger partial charge in [-0.3, -0.25) is 0 Å². The highest BCUT2D eigenvalue weighted by molar-refractivity contribution is 6.30. The average molecular weight is 243 g/mol. The van der Waals surface area contributed by atoms with E-state index in [-0.39, 0.29) is 5.82 Å². The van der Waals surface area contributed by atoms with Gasteiger partial charge in [0, 0.05) is 24.2 Å². The maximum absolute atomic E-state index is 13.7. The summed E-state index contributed by atoms with van der Waals surface area (Å²) in [5, 5.41) is 3.71. The first-order valence-corrected chi connectivity index (χ1v) is 5.96. The van der Waals surface area contributed by atoms with Crippen molar-refractivity contribution in [1.29, 1.82) is 0 Å². The zero-order chi connectivity index (χ0) is 11.5. The summed E-state index contributed by atoms with van der Waals surface area (Å²) in [6.07, 6.45) is 2.11. The van der Waals surface area contributed by atoms with Crippen molar-refractivity contribution in [2.75, 3.05) is 25.0 Å². The van der Waals surface area contributed by atoms with Gasteiger partial charge in [0.1, 0.15) is 5.82 Å². The van der Waals surface area contributed by atoms with E-state index in [9.17, 15) is 4.39 Å². The molecule has 16 heavy (non-hydrogen) atoms. The predicted molar refractivity (Wildman–Crippen MR) is 65.7 cm³/mol. The molecule has 1 fully saturated rings. The van der Waals surface area contributed by atoms with Crippen LogP contribution in [-0.4, -0.2) is 26.2 Å². The third-order valence-corrected chi connectivity index (χ3v) is 3.39. The van der Waals surface area contributed by atoms with Crippen LogP contribution in [0.5, 0.6) is 0 Å². The molecule has 2 rings (SSSR count). The van der Waals surface area contributed by atoms with Crippen molar-refractivity contribution in [3.05, 3.63) is 29.0 Å². The molecule has 0 radical (unpaired) electrons. The highest BCUT2D eigenvalue weighted by atomic mass is 35.5. The molecule has 0 unspecified atom stereocenters. The Labute approximate surface area is 100 Å². The van der Waals surface area contributed by atoms with Gasteiger partial charge >= 0.3 is 0 Å². The van der Waals surface area contributed by atoms with Crippen LogP contribution in [0.2, 0.25) is 5.02 Å². The number of nitrogens with one attached hydrogen (secondary N) is 1. The van der Waals surface area contributed by atoms with E-state index in [2.05, 4.69) is 10.2 Å². The number of hydrogen-bond donors (Lipinski definition) is 1. The number of rotatable bonds is 2. The third-order valence-electron chi connectivity index (χ3n) is 3.15. The zero-order valence-electron chi connectivity index (χ0n) is 9.34. The Morgan fingerprint density at radius 1 is 1.38 bits per heavy atom. The minimum atomic E-state index is -0.226. The molecule has 0 spiro atoms. The van der Waals surface area contributed by atoms with E-state index in [1.54, 1.807) is 12.1 Å². The summed E-state index contributed by atoms with van der Waals surface area (Å²) in [6.45, 7) is 1.79. The Morgan fingerprint density at radius 2 is 2.06 bits per heavy atom. The molecule has 0 aromatic heterocycles. The van der Waals surface area contributed by atoms with Crippen molar-refractivity contribution in [3.63, 3.8) is 0 Å². The lowest BCUT2D eigenvalue weighted by Gasteiger charge is -2.33. The summed E-state index contributed by atoms with van der Waals surface area (Å²) in [5.41, 5.74) is 0.666. The van der Waals surface area contributed by atoms with Gasteiger partial charge in [-0.25, -0.2) is 4.39 Å². The molecule has 0 atom stereocenters. The minimum absolute atomic E-state index is 0.226. The lowest BCUT2D eigenvalue weighted by Crippen LogP contribution is -2.41. The van der Waals surface area contributed by atoms with Crippen LogP contribution in [-0.2, 0) is 0 Å².